The summed E-state index contributed by atoms with van der Waals surface area (Å²) in [5.74, 6) is 0.514. The number of hydrogen-bond acceptors (Lipinski definition) is 6. The van der Waals surface area contributed by atoms with Crippen molar-refractivity contribution in [2.24, 2.45) is 5.73 Å². The van der Waals surface area contributed by atoms with Crippen LogP contribution in [0.5, 0.6) is 0 Å². The fraction of sp³-hybridized carbons (Fsp3) is 0.429. The Morgan fingerprint density at radius 1 is 1.48 bits per heavy atom. The summed E-state index contributed by atoms with van der Waals surface area (Å²) in [7, 11) is 1.54. The summed E-state index contributed by atoms with van der Waals surface area (Å²) in [6, 6.07) is 7.38. The summed E-state index contributed by atoms with van der Waals surface area (Å²) < 4.78 is 6.80. The van der Waals surface area contributed by atoms with Gasteiger partial charge in [-0.25, -0.2) is 4.68 Å². The third-order valence-corrected chi connectivity index (χ3v) is 3.25. The molecule has 1 unspecified atom stereocenters. The summed E-state index contributed by atoms with van der Waals surface area (Å²) in [5.41, 5.74) is 7.04. The number of nitrogens with zero attached hydrogens (tertiary/aromatic N) is 4. The Morgan fingerprint density at radius 3 is 2.91 bits per heavy atom. The molecule has 0 aliphatic heterocycles. The molecule has 3 N–H and O–H groups in total. The van der Waals surface area contributed by atoms with Crippen molar-refractivity contribution in [1.82, 2.24) is 20.2 Å². The van der Waals surface area contributed by atoms with Crippen LogP contribution in [0.25, 0.3) is 11.4 Å². The molecule has 0 spiro atoms. The first-order valence-corrected chi connectivity index (χ1v) is 7.07. The first-order chi connectivity index (χ1) is 10.7. The molecular formula is C14H21ClN6O2. The highest BCUT2D eigenvalue weighted by atomic mass is 35.5. The van der Waals surface area contributed by atoms with Crippen molar-refractivity contribution in [3.63, 3.8) is 0 Å². The molecule has 0 bridgehead atoms. The minimum absolute atomic E-state index is 0. The zero-order valence-corrected chi connectivity index (χ0v) is 13.9. The molecule has 0 saturated carbocycles. The molecule has 23 heavy (non-hydrogen) atoms. The molecule has 1 atom stereocenters. The van der Waals surface area contributed by atoms with Gasteiger partial charge in [0.05, 0.1) is 12.5 Å². The van der Waals surface area contributed by atoms with E-state index in [0.717, 1.165) is 5.56 Å². The molecule has 0 aliphatic rings. The second-order valence-electron chi connectivity index (χ2n) is 4.74. The fourth-order valence-corrected chi connectivity index (χ4v) is 2.04. The van der Waals surface area contributed by atoms with Crippen LogP contribution in [0.15, 0.2) is 24.3 Å². The number of carbonyl (C=O) groups excluding carboxylic acids is 1. The van der Waals surface area contributed by atoms with Crippen molar-refractivity contribution in [3.05, 3.63) is 24.3 Å². The zero-order chi connectivity index (χ0) is 15.9. The molecule has 2 rings (SSSR count). The van der Waals surface area contributed by atoms with Gasteiger partial charge >= 0.3 is 0 Å². The van der Waals surface area contributed by atoms with Crippen LogP contribution in [0.4, 0.5) is 5.69 Å². The van der Waals surface area contributed by atoms with E-state index in [1.54, 1.807) is 4.68 Å². The van der Waals surface area contributed by atoms with Crippen molar-refractivity contribution < 1.29 is 9.53 Å². The number of ether oxygens (including phenoxy) is 1. The summed E-state index contributed by atoms with van der Waals surface area (Å²) in [5, 5.41) is 14.4. The summed E-state index contributed by atoms with van der Waals surface area (Å²) in [4.78, 5) is 12.0. The molecule has 9 heteroatoms. The molecule has 0 fully saturated rings. The number of aryl methyl sites for hydroxylation is 1. The standard InChI is InChI=1S/C14H20N6O2.ClH/c1-3-20-14(17-18-19-20)10-5-4-6-11(7-10)16-13(21)8-12(9-15)22-2;/h4-7,12H,3,8-9,15H2,1-2H3,(H,16,21);1H. The van der Waals surface area contributed by atoms with Gasteiger partial charge in [-0.05, 0) is 29.5 Å². The average molecular weight is 341 g/mol. The maximum atomic E-state index is 12.0. The van der Waals surface area contributed by atoms with Gasteiger partial charge in [0.15, 0.2) is 5.82 Å². The molecule has 1 aromatic heterocycles. The van der Waals surface area contributed by atoms with Crippen LogP contribution in [0.1, 0.15) is 13.3 Å². The van der Waals surface area contributed by atoms with E-state index in [1.165, 1.54) is 7.11 Å². The van der Waals surface area contributed by atoms with Gasteiger partial charge in [-0.3, -0.25) is 4.79 Å². The molecule has 126 valence electrons. The lowest BCUT2D eigenvalue weighted by molar-refractivity contribution is -0.118. The number of rotatable bonds is 7. The van der Waals surface area contributed by atoms with E-state index in [4.69, 9.17) is 10.5 Å². The third-order valence-electron chi connectivity index (χ3n) is 3.25. The number of carbonyl (C=O) groups is 1. The number of benzene rings is 1. The number of nitrogens with one attached hydrogen (secondary N) is 1. The highest BCUT2D eigenvalue weighted by molar-refractivity contribution is 5.91. The van der Waals surface area contributed by atoms with Crippen LogP contribution in [-0.4, -0.2) is 45.9 Å². The number of anilines is 1. The minimum Gasteiger partial charge on any atom is -0.380 e. The van der Waals surface area contributed by atoms with Crippen LogP contribution >= 0.6 is 12.4 Å². The number of aromatic nitrogens is 4. The molecule has 1 amide bonds. The molecule has 2 aromatic rings. The van der Waals surface area contributed by atoms with Crippen molar-refractivity contribution >= 4 is 24.0 Å². The maximum absolute atomic E-state index is 12.0. The predicted molar refractivity (Wildman–Crippen MR) is 89.3 cm³/mol. The quantitative estimate of drug-likeness (QED) is 0.781. The Labute approximate surface area is 140 Å². The highest BCUT2D eigenvalue weighted by Crippen LogP contribution is 2.20. The average Bonchev–Trinajstić information content (AvgIpc) is 3.01. The third kappa shape index (κ3) is 4.98. The molecule has 0 saturated heterocycles. The van der Waals surface area contributed by atoms with Crippen LogP contribution in [-0.2, 0) is 16.1 Å². The van der Waals surface area contributed by atoms with Crippen LogP contribution in [0.2, 0.25) is 0 Å². The first kappa shape index (κ1) is 19.0. The smallest absolute Gasteiger partial charge is 0.227 e. The van der Waals surface area contributed by atoms with E-state index in [2.05, 4.69) is 20.8 Å². The van der Waals surface area contributed by atoms with E-state index >= 15 is 0 Å². The van der Waals surface area contributed by atoms with Gasteiger partial charge < -0.3 is 15.8 Å². The number of amides is 1. The van der Waals surface area contributed by atoms with Gasteiger partial charge in [0, 0.05) is 31.5 Å². The Morgan fingerprint density at radius 2 is 2.26 bits per heavy atom. The lowest BCUT2D eigenvalue weighted by Crippen LogP contribution is -2.28. The van der Waals surface area contributed by atoms with E-state index in [9.17, 15) is 4.79 Å². The molecule has 1 aromatic carbocycles. The number of nitrogens with two attached hydrogens (primary N) is 1. The predicted octanol–water partition coefficient (Wildman–Crippen LogP) is 1.08. The van der Waals surface area contributed by atoms with Gasteiger partial charge in [0.25, 0.3) is 0 Å². The van der Waals surface area contributed by atoms with E-state index < -0.39 is 0 Å². The second-order valence-corrected chi connectivity index (χ2v) is 4.74. The van der Waals surface area contributed by atoms with Crippen molar-refractivity contribution in [3.8, 4) is 11.4 Å². The number of hydrogen-bond donors (Lipinski definition) is 2. The van der Waals surface area contributed by atoms with Gasteiger partial charge in [-0.15, -0.1) is 17.5 Å². The SMILES string of the molecule is CCn1nnnc1-c1cccc(NC(=O)CC(CN)OC)c1.Cl. The van der Waals surface area contributed by atoms with Crippen molar-refractivity contribution in [2.75, 3.05) is 19.0 Å². The molecule has 8 nitrogen and oxygen atoms in total. The number of methoxy groups -OCH3 is 1. The lowest BCUT2D eigenvalue weighted by atomic mass is 10.1. The van der Waals surface area contributed by atoms with Gasteiger partial charge in [-0.1, -0.05) is 12.1 Å². The van der Waals surface area contributed by atoms with Crippen molar-refractivity contribution in [1.29, 1.82) is 0 Å². The second kappa shape index (κ2) is 9.19. The largest absolute Gasteiger partial charge is 0.380 e. The van der Waals surface area contributed by atoms with Crippen LogP contribution < -0.4 is 11.1 Å². The van der Waals surface area contributed by atoms with Gasteiger partial charge in [-0.2, -0.15) is 0 Å². The summed E-state index contributed by atoms with van der Waals surface area (Å²) in [6.45, 7) is 2.93. The summed E-state index contributed by atoms with van der Waals surface area (Å²) in [6.07, 6.45) is -0.0696. The molecular weight excluding hydrogens is 320 g/mol. The summed E-state index contributed by atoms with van der Waals surface area (Å²) >= 11 is 0. The normalized spacial score (nSPS) is 11.6. The molecule has 0 aliphatic carbocycles. The van der Waals surface area contributed by atoms with E-state index in [-0.39, 0.29) is 30.8 Å². The monoisotopic (exact) mass is 340 g/mol. The molecule has 0 radical (unpaired) electrons. The lowest BCUT2D eigenvalue weighted by Gasteiger charge is -2.13. The highest BCUT2D eigenvalue weighted by Gasteiger charge is 2.13. The Hall–Kier alpha value is -2.03. The molecule has 1 heterocycles. The van der Waals surface area contributed by atoms with Crippen molar-refractivity contribution in [2.45, 2.75) is 26.0 Å². The zero-order valence-electron chi connectivity index (χ0n) is 13.1. The minimum atomic E-state index is -0.282. The number of halogens is 1. The van der Waals surface area contributed by atoms with Crippen LogP contribution in [0, 0.1) is 0 Å². The van der Waals surface area contributed by atoms with Crippen LogP contribution in [0.3, 0.4) is 0 Å². The van der Waals surface area contributed by atoms with Gasteiger partial charge in [0.2, 0.25) is 5.91 Å². The Balaban J connectivity index is 0.00000264. The first-order valence-electron chi connectivity index (χ1n) is 7.07. The van der Waals surface area contributed by atoms with Gasteiger partial charge in [0.1, 0.15) is 0 Å². The maximum Gasteiger partial charge on any atom is 0.227 e. The topological polar surface area (TPSA) is 108 Å². The van der Waals surface area contributed by atoms with E-state index in [1.807, 2.05) is 31.2 Å². The Bertz CT molecular complexity index is 629. The van der Waals surface area contributed by atoms with E-state index in [0.29, 0.717) is 24.6 Å². The fourth-order valence-electron chi connectivity index (χ4n) is 2.04. The number of tetrazole rings is 1. The Kier molecular flexibility index (Phi) is 7.60.